The maximum atomic E-state index is 6.98. The Morgan fingerprint density at radius 2 is 1.47 bits per heavy atom. The molecule has 1 aliphatic carbocycles. The Hall–Kier alpha value is -4.70. The number of para-hydroxylation sites is 2. The van der Waals surface area contributed by atoms with Gasteiger partial charge in [-0.05, 0) is 77.3 Å². The van der Waals surface area contributed by atoms with E-state index in [1.807, 2.05) is 0 Å². The van der Waals surface area contributed by atoms with Crippen molar-refractivity contribution < 1.29 is 13.9 Å². The summed E-state index contributed by atoms with van der Waals surface area (Å²) < 4.78 is 14.6. The number of hydrogen-bond acceptors (Lipinski definition) is 1. The predicted octanol–water partition coefficient (Wildman–Crippen LogP) is 7.78. The maximum Gasteiger partial charge on any atom is 0.352 e. The van der Waals surface area contributed by atoms with E-state index in [2.05, 4.69) is 145 Å². The molecule has 3 aliphatic heterocycles. The molecule has 4 nitrogen and oxygen atoms in total. The number of nitrogens with zero attached hydrogens (tertiary/aromatic N) is 3. The normalized spacial score (nSPS) is 20.6. The molecular weight excluding hydrogens is 526 g/mol. The van der Waals surface area contributed by atoms with E-state index < -0.39 is 5.54 Å². The zero-order valence-electron chi connectivity index (χ0n) is 25.0. The standard InChI is InChI=1S/C39H33N3O/c1-37(2)20-21-38(3,4)32-27(37)23-31-35-33(32)39(26-16-9-8-15-25(26)28-17-10-11-22-40(28)39)36-41(24-13-6-5-7-14-24)29-18-12-19-30(43-31)34(29)42(35)36/h5-19,22-23H,20-21H2,1-4H3/q+2. The number of hydrogen-bond donors (Lipinski definition) is 0. The third-order valence-electron chi connectivity index (χ3n) is 10.9. The molecule has 0 fully saturated rings. The highest BCUT2D eigenvalue weighted by Gasteiger charge is 2.71. The van der Waals surface area contributed by atoms with Crippen LogP contribution in [-0.4, -0.2) is 4.57 Å². The minimum absolute atomic E-state index is 0.00700. The monoisotopic (exact) mass is 559 g/mol. The minimum Gasteiger partial charge on any atom is -0.448 e. The second kappa shape index (κ2) is 7.44. The first-order chi connectivity index (χ1) is 20.8. The highest BCUT2D eigenvalue weighted by atomic mass is 16.5. The number of benzene rings is 4. The summed E-state index contributed by atoms with van der Waals surface area (Å²) in [5.41, 5.74) is 12.3. The quantitative estimate of drug-likeness (QED) is 0.188. The smallest absolute Gasteiger partial charge is 0.352 e. The van der Waals surface area contributed by atoms with Crippen LogP contribution in [0.4, 0.5) is 0 Å². The molecule has 208 valence electrons. The highest BCUT2D eigenvalue weighted by Crippen LogP contribution is 2.60. The molecule has 5 heterocycles. The summed E-state index contributed by atoms with van der Waals surface area (Å²) in [6, 6.07) is 35.5. The Morgan fingerprint density at radius 3 is 2.33 bits per heavy atom. The van der Waals surface area contributed by atoms with Gasteiger partial charge in [0.2, 0.25) is 11.2 Å². The van der Waals surface area contributed by atoms with Gasteiger partial charge in [-0.3, -0.25) is 0 Å². The molecule has 0 amide bonds. The second-order valence-electron chi connectivity index (χ2n) is 14.1. The fourth-order valence-corrected chi connectivity index (χ4v) is 8.94. The Bertz CT molecular complexity index is 2170. The molecule has 1 spiro atoms. The zero-order valence-corrected chi connectivity index (χ0v) is 25.0. The lowest BCUT2D eigenvalue weighted by Crippen LogP contribution is -2.58. The van der Waals surface area contributed by atoms with Crippen LogP contribution in [0.1, 0.15) is 68.6 Å². The van der Waals surface area contributed by atoms with Gasteiger partial charge in [0.25, 0.3) is 0 Å². The van der Waals surface area contributed by atoms with Gasteiger partial charge >= 0.3 is 11.4 Å². The number of pyridine rings is 1. The fourth-order valence-electron chi connectivity index (χ4n) is 8.94. The fraction of sp³-hybridized carbons (Fsp3) is 0.231. The first kappa shape index (κ1) is 23.8. The molecular formula is C39H33N3O+2. The van der Waals surface area contributed by atoms with E-state index in [-0.39, 0.29) is 10.8 Å². The average molecular weight is 560 g/mol. The van der Waals surface area contributed by atoms with Crippen LogP contribution < -0.4 is 13.9 Å². The van der Waals surface area contributed by atoms with E-state index in [1.165, 1.54) is 45.0 Å². The van der Waals surface area contributed by atoms with Crippen LogP contribution in [0.25, 0.3) is 33.7 Å². The Kier molecular flexibility index (Phi) is 4.12. The summed E-state index contributed by atoms with van der Waals surface area (Å²) in [4.78, 5) is 0. The van der Waals surface area contributed by atoms with Gasteiger partial charge in [-0.1, -0.05) is 70.2 Å². The van der Waals surface area contributed by atoms with Crippen LogP contribution in [0, 0.1) is 0 Å². The largest absolute Gasteiger partial charge is 0.448 e. The van der Waals surface area contributed by atoms with E-state index in [4.69, 9.17) is 4.74 Å². The van der Waals surface area contributed by atoms with E-state index in [1.54, 1.807) is 0 Å². The van der Waals surface area contributed by atoms with Crippen molar-refractivity contribution in [3.05, 3.63) is 131 Å². The van der Waals surface area contributed by atoms with Gasteiger partial charge in [-0.15, -0.1) is 0 Å². The highest BCUT2D eigenvalue weighted by molar-refractivity contribution is 5.87. The van der Waals surface area contributed by atoms with Crippen LogP contribution in [0.15, 0.2) is 103 Å². The molecule has 43 heavy (non-hydrogen) atoms. The molecule has 1 atom stereocenters. The molecule has 4 heteroatoms. The van der Waals surface area contributed by atoms with E-state index in [9.17, 15) is 0 Å². The molecule has 0 N–H and O–H groups in total. The van der Waals surface area contributed by atoms with E-state index >= 15 is 0 Å². The number of fused-ring (bicyclic) bond motifs is 9. The molecule has 4 aliphatic rings. The molecule has 4 aromatic carbocycles. The summed E-state index contributed by atoms with van der Waals surface area (Å²) in [6.45, 7) is 9.76. The lowest BCUT2D eigenvalue weighted by atomic mass is 9.60. The van der Waals surface area contributed by atoms with Crippen LogP contribution in [0.5, 0.6) is 11.5 Å². The van der Waals surface area contributed by atoms with Crippen molar-refractivity contribution >= 4 is 11.0 Å². The molecule has 1 unspecified atom stereocenters. The Labute approximate surface area is 251 Å². The molecule has 6 aromatic rings. The van der Waals surface area contributed by atoms with Gasteiger partial charge in [-0.25, -0.2) is 0 Å². The lowest BCUT2D eigenvalue weighted by molar-refractivity contribution is -0.733. The Morgan fingerprint density at radius 1 is 0.698 bits per heavy atom. The third kappa shape index (κ3) is 2.58. The molecule has 0 saturated heterocycles. The Balaban J connectivity index is 1.53. The first-order valence-corrected chi connectivity index (χ1v) is 15.5. The number of aromatic nitrogens is 3. The van der Waals surface area contributed by atoms with Crippen LogP contribution in [0.2, 0.25) is 0 Å². The average Bonchev–Trinajstić information content (AvgIpc) is 3.63. The molecule has 0 radical (unpaired) electrons. The van der Waals surface area contributed by atoms with Crippen LogP contribution in [-0.2, 0) is 16.4 Å². The summed E-state index contributed by atoms with van der Waals surface area (Å²) in [5, 5.41) is 0. The van der Waals surface area contributed by atoms with Crippen LogP contribution >= 0.6 is 0 Å². The number of rotatable bonds is 1. The summed E-state index contributed by atoms with van der Waals surface area (Å²) in [7, 11) is 0. The van der Waals surface area contributed by atoms with Gasteiger partial charge in [-0.2, -0.15) is 13.7 Å². The zero-order chi connectivity index (χ0) is 28.9. The topological polar surface area (TPSA) is 21.9 Å². The van der Waals surface area contributed by atoms with Crippen molar-refractivity contribution in [3.8, 4) is 34.1 Å². The number of ether oxygens (including phenoxy) is 1. The first-order valence-electron chi connectivity index (χ1n) is 15.5. The van der Waals surface area contributed by atoms with Gasteiger partial charge < -0.3 is 4.74 Å². The maximum absolute atomic E-state index is 6.98. The summed E-state index contributed by atoms with van der Waals surface area (Å²) in [6.07, 6.45) is 4.60. The van der Waals surface area contributed by atoms with Gasteiger partial charge in [0.05, 0.1) is 16.7 Å². The summed E-state index contributed by atoms with van der Waals surface area (Å²) in [5.74, 6) is 3.13. The van der Waals surface area contributed by atoms with Crippen molar-refractivity contribution in [2.45, 2.75) is 56.9 Å². The van der Waals surface area contributed by atoms with Crippen molar-refractivity contribution in [2.75, 3.05) is 0 Å². The minimum atomic E-state index is -0.590. The van der Waals surface area contributed by atoms with Crippen molar-refractivity contribution in [1.29, 1.82) is 0 Å². The summed E-state index contributed by atoms with van der Waals surface area (Å²) >= 11 is 0. The molecule has 10 rings (SSSR count). The molecule has 2 aromatic heterocycles. The van der Waals surface area contributed by atoms with Gasteiger partial charge in [0.15, 0.2) is 28.9 Å². The van der Waals surface area contributed by atoms with Crippen molar-refractivity contribution in [1.82, 2.24) is 4.57 Å². The van der Waals surface area contributed by atoms with E-state index in [0.29, 0.717) is 0 Å². The van der Waals surface area contributed by atoms with Crippen molar-refractivity contribution in [2.24, 2.45) is 0 Å². The second-order valence-corrected chi connectivity index (χ2v) is 14.1. The SMILES string of the molecule is CC1(C)CCC(C)(C)c2c1cc1c3c2C2(c4ccccc4-c4cccc[n+]42)c2n(-c4ccccc4)c4cccc(c4[n+]2-3)O1. The number of imidazole rings is 1. The lowest BCUT2D eigenvalue weighted by Gasteiger charge is -2.43. The van der Waals surface area contributed by atoms with Gasteiger partial charge in [0.1, 0.15) is 5.69 Å². The molecule has 0 saturated carbocycles. The van der Waals surface area contributed by atoms with Gasteiger partial charge in [0, 0.05) is 12.1 Å². The predicted molar refractivity (Wildman–Crippen MR) is 168 cm³/mol. The van der Waals surface area contributed by atoms with Crippen molar-refractivity contribution in [3.63, 3.8) is 0 Å². The third-order valence-corrected chi connectivity index (χ3v) is 10.9. The van der Waals surface area contributed by atoms with E-state index in [0.717, 1.165) is 41.1 Å². The van der Waals surface area contributed by atoms with Crippen LogP contribution in [0.3, 0.4) is 0 Å². The molecule has 0 bridgehead atoms.